The van der Waals surface area contributed by atoms with Crippen molar-refractivity contribution in [2.24, 2.45) is 0 Å². The number of allylic oxidation sites excluding steroid dienone is 1. The van der Waals surface area contributed by atoms with E-state index in [0.717, 1.165) is 5.56 Å². The molecule has 0 N–H and O–H groups in total. The van der Waals surface area contributed by atoms with E-state index in [-0.39, 0.29) is 11.6 Å². The second-order valence-electron chi connectivity index (χ2n) is 2.97. The Hall–Kier alpha value is -1.44. The first-order chi connectivity index (χ1) is 6.09. The minimum Gasteiger partial charge on any atom is -0.295 e. The molecule has 0 spiro atoms. The first kappa shape index (κ1) is 9.65. The molecule has 1 aromatic carbocycles. The van der Waals surface area contributed by atoms with Gasteiger partial charge in [0.05, 0.1) is 0 Å². The van der Waals surface area contributed by atoms with Gasteiger partial charge in [-0.2, -0.15) is 0 Å². The van der Waals surface area contributed by atoms with Crippen molar-refractivity contribution in [3.05, 3.63) is 41.2 Å². The van der Waals surface area contributed by atoms with Gasteiger partial charge in [-0.05, 0) is 38.1 Å². The molecule has 0 fully saturated rings. The van der Waals surface area contributed by atoms with Gasteiger partial charge in [0.1, 0.15) is 5.82 Å². The average molecular weight is 178 g/mol. The predicted octanol–water partition coefficient (Wildman–Crippen LogP) is 2.74. The third-order valence-electron chi connectivity index (χ3n) is 1.65. The highest BCUT2D eigenvalue weighted by molar-refractivity contribution is 5.91. The number of halogens is 1. The first-order valence-corrected chi connectivity index (χ1v) is 4.04. The number of hydrogen-bond donors (Lipinski definition) is 0. The van der Waals surface area contributed by atoms with Crippen LogP contribution in [0.5, 0.6) is 0 Å². The largest absolute Gasteiger partial charge is 0.295 e. The Morgan fingerprint density at radius 2 is 2.15 bits per heavy atom. The summed E-state index contributed by atoms with van der Waals surface area (Å²) in [6.45, 7) is 3.31. The van der Waals surface area contributed by atoms with E-state index in [1.165, 1.54) is 25.1 Å². The number of ketones is 1. The zero-order valence-corrected chi connectivity index (χ0v) is 7.67. The zero-order valence-electron chi connectivity index (χ0n) is 7.67. The van der Waals surface area contributed by atoms with Crippen LogP contribution in [-0.2, 0) is 4.79 Å². The normalized spacial score (nSPS) is 10.7. The summed E-state index contributed by atoms with van der Waals surface area (Å²) in [4.78, 5) is 10.6. The van der Waals surface area contributed by atoms with E-state index in [2.05, 4.69) is 0 Å². The van der Waals surface area contributed by atoms with Crippen molar-refractivity contribution in [2.75, 3.05) is 0 Å². The molecule has 1 aromatic rings. The van der Waals surface area contributed by atoms with E-state index in [9.17, 15) is 9.18 Å². The highest BCUT2D eigenvalue weighted by atomic mass is 19.1. The maximum absolute atomic E-state index is 13.1. The minimum absolute atomic E-state index is 0.0825. The van der Waals surface area contributed by atoms with E-state index in [4.69, 9.17) is 0 Å². The molecule has 0 aliphatic heterocycles. The van der Waals surface area contributed by atoms with Crippen LogP contribution in [0.2, 0.25) is 0 Å². The summed E-state index contributed by atoms with van der Waals surface area (Å²) in [5.41, 5.74) is 1.43. The maximum Gasteiger partial charge on any atom is 0.152 e. The highest BCUT2D eigenvalue weighted by Crippen LogP contribution is 2.11. The van der Waals surface area contributed by atoms with Gasteiger partial charge in [0.15, 0.2) is 5.78 Å². The molecule has 0 saturated heterocycles. The minimum atomic E-state index is -0.303. The Bertz CT molecular complexity index is 353. The Morgan fingerprint density at radius 1 is 1.46 bits per heavy atom. The van der Waals surface area contributed by atoms with Crippen LogP contribution >= 0.6 is 0 Å². The summed E-state index contributed by atoms with van der Waals surface area (Å²) in [5.74, 6) is -0.385. The Balaban J connectivity index is 3.00. The summed E-state index contributed by atoms with van der Waals surface area (Å²) in [5, 5.41) is 0. The summed E-state index contributed by atoms with van der Waals surface area (Å²) < 4.78 is 13.1. The lowest BCUT2D eigenvalue weighted by Gasteiger charge is -1.97. The zero-order chi connectivity index (χ0) is 9.84. The molecule has 0 atom stereocenters. The molecule has 0 aliphatic carbocycles. The molecular weight excluding hydrogens is 167 g/mol. The molecule has 0 aliphatic rings. The molecule has 0 heterocycles. The highest BCUT2D eigenvalue weighted by Gasteiger charge is 1.97. The van der Waals surface area contributed by atoms with Crippen LogP contribution in [0.1, 0.15) is 18.1 Å². The molecule has 1 rings (SSSR count). The molecule has 0 saturated carbocycles. The van der Waals surface area contributed by atoms with Crippen LogP contribution in [-0.4, -0.2) is 5.78 Å². The van der Waals surface area contributed by atoms with Crippen LogP contribution in [0.15, 0.2) is 24.3 Å². The average Bonchev–Trinajstić information content (AvgIpc) is 2.06. The van der Waals surface area contributed by atoms with Crippen molar-refractivity contribution in [1.82, 2.24) is 0 Å². The van der Waals surface area contributed by atoms with Gasteiger partial charge in [-0.25, -0.2) is 4.39 Å². The fraction of sp³-hybridized carbons (Fsp3) is 0.182. The third-order valence-corrected chi connectivity index (χ3v) is 1.65. The number of benzene rings is 1. The van der Waals surface area contributed by atoms with Crippen molar-refractivity contribution >= 4 is 11.9 Å². The van der Waals surface area contributed by atoms with Crippen LogP contribution in [0, 0.1) is 12.7 Å². The van der Waals surface area contributed by atoms with Crippen molar-refractivity contribution in [3.8, 4) is 0 Å². The van der Waals surface area contributed by atoms with Gasteiger partial charge >= 0.3 is 0 Å². The lowest BCUT2D eigenvalue weighted by Crippen LogP contribution is -1.85. The summed E-state index contributed by atoms with van der Waals surface area (Å²) >= 11 is 0. The molecule has 2 heteroatoms. The standard InChI is InChI=1S/C11H11FO/c1-8-3-6-11(12)10(7-8)5-4-9(2)13/h3-7H,1-2H3/b5-4+. The Morgan fingerprint density at radius 3 is 2.77 bits per heavy atom. The Kier molecular flexibility index (Phi) is 2.96. The van der Waals surface area contributed by atoms with Crippen LogP contribution in [0.25, 0.3) is 6.08 Å². The first-order valence-electron chi connectivity index (χ1n) is 4.04. The monoisotopic (exact) mass is 178 g/mol. The molecule has 0 unspecified atom stereocenters. The van der Waals surface area contributed by atoms with Crippen LogP contribution in [0.4, 0.5) is 4.39 Å². The SMILES string of the molecule is CC(=O)/C=C/c1cc(C)ccc1F. The van der Waals surface area contributed by atoms with Gasteiger partial charge in [-0.3, -0.25) is 4.79 Å². The summed E-state index contributed by atoms with van der Waals surface area (Å²) in [6.07, 6.45) is 2.85. The molecule has 0 aromatic heterocycles. The fourth-order valence-corrected chi connectivity index (χ4v) is 0.998. The molecule has 68 valence electrons. The van der Waals surface area contributed by atoms with E-state index in [1.54, 1.807) is 12.1 Å². The molecule has 0 amide bonds. The number of rotatable bonds is 2. The molecule has 1 nitrogen and oxygen atoms in total. The fourth-order valence-electron chi connectivity index (χ4n) is 0.998. The summed E-state index contributed by atoms with van der Waals surface area (Å²) in [6, 6.07) is 4.80. The van der Waals surface area contributed by atoms with Crippen LogP contribution in [0.3, 0.4) is 0 Å². The van der Waals surface area contributed by atoms with Crippen molar-refractivity contribution in [2.45, 2.75) is 13.8 Å². The van der Waals surface area contributed by atoms with Crippen molar-refractivity contribution < 1.29 is 9.18 Å². The third kappa shape index (κ3) is 2.82. The van der Waals surface area contributed by atoms with Gasteiger partial charge in [0.2, 0.25) is 0 Å². The van der Waals surface area contributed by atoms with Crippen molar-refractivity contribution in [3.63, 3.8) is 0 Å². The predicted molar refractivity (Wildman–Crippen MR) is 50.9 cm³/mol. The van der Waals surface area contributed by atoms with Crippen LogP contribution < -0.4 is 0 Å². The van der Waals surface area contributed by atoms with Crippen molar-refractivity contribution in [1.29, 1.82) is 0 Å². The van der Waals surface area contributed by atoms with Gasteiger partial charge in [-0.1, -0.05) is 11.6 Å². The van der Waals surface area contributed by atoms with E-state index < -0.39 is 0 Å². The molecule has 0 radical (unpaired) electrons. The van der Waals surface area contributed by atoms with E-state index in [0.29, 0.717) is 5.56 Å². The number of carbonyl (C=O) groups excluding carboxylic acids is 1. The topological polar surface area (TPSA) is 17.1 Å². The lowest BCUT2D eigenvalue weighted by atomic mass is 10.1. The van der Waals surface area contributed by atoms with Gasteiger partial charge in [0, 0.05) is 5.56 Å². The quantitative estimate of drug-likeness (QED) is 0.636. The van der Waals surface area contributed by atoms with E-state index in [1.807, 2.05) is 6.92 Å². The van der Waals surface area contributed by atoms with E-state index >= 15 is 0 Å². The van der Waals surface area contributed by atoms with Gasteiger partial charge < -0.3 is 0 Å². The number of aryl methyl sites for hydroxylation is 1. The Labute approximate surface area is 76.9 Å². The lowest BCUT2D eigenvalue weighted by molar-refractivity contribution is -0.112. The second-order valence-corrected chi connectivity index (χ2v) is 2.97. The second kappa shape index (κ2) is 3.99. The number of hydrogen-bond acceptors (Lipinski definition) is 1. The maximum atomic E-state index is 13.1. The van der Waals surface area contributed by atoms with Gasteiger partial charge in [0.25, 0.3) is 0 Å². The van der Waals surface area contributed by atoms with Gasteiger partial charge in [-0.15, -0.1) is 0 Å². The smallest absolute Gasteiger partial charge is 0.152 e. The number of carbonyl (C=O) groups is 1. The summed E-state index contributed by atoms with van der Waals surface area (Å²) in [7, 11) is 0. The molecular formula is C11H11FO. The molecule has 13 heavy (non-hydrogen) atoms. The molecule has 0 bridgehead atoms.